The number of aromatic amines is 1. The van der Waals surface area contributed by atoms with Crippen molar-refractivity contribution in [3.05, 3.63) is 70.5 Å². The minimum absolute atomic E-state index is 0.0865. The fourth-order valence-electron chi connectivity index (χ4n) is 2.30. The molecule has 1 aromatic heterocycles. The summed E-state index contributed by atoms with van der Waals surface area (Å²) in [7, 11) is 0. The van der Waals surface area contributed by atoms with Gasteiger partial charge in [-0.25, -0.2) is 0 Å². The minimum Gasteiger partial charge on any atom is -0.358 e. The van der Waals surface area contributed by atoms with Crippen LogP contribution in [0.1, 0.15) is 12.6 Å². The molecule has 0 spiro atoms. The Balaban J connectivity index is 2.22. The molecule has 19 heavy (non-hydrogen) atoms. The van der Waals surface area contributed by atoms with E-state index in [1.54, 1.807) is 6.07 Å². The van der Waals surface area contributed by atoms with Crippen LogP contribution in [0.25, 0.3) is 22.0 Å². The summed E-state index contributed by atoms with van der Waals surface area (Å²) in [5.41, 5.74) is 4.17. The normalized spacial score (nSPS) is 10.8. The summed E-state index contributed by atoms with van der Waals surface area (Å²) in [5, 5.41) is 0.749. The van der Waals surface area contributed by atoms with Gasteiger partial charge in [0, 0.05) is 22.7 Å². The zero-order chi connectivity index (χ0) is 13.2. The number of fused-ring (bicyclic) bond motifs is 1. The van der Waals surface area contributed by atoms with Gasteiger partial charge in [0.2, 0.25) is 0 Å². The highest BCUT2D eigenvalue weighted by Crippen LogP contribution is 2.22. The molecule has 0 aliphatic heterocycles. The number of hydrogen-bond acceptors (Lipinski definition) is 1. The van der Waals surface area contributed by atoms with Gasteiger partial charge in [-0.1, -0.05) is 43.3 Å². The lowest BCUT2D eigenvalue weighted by atomic mass is 10.0. The molecule has 0 saturated heterocycles. The largest absolute Gasteiger partial charge is 0.358 e. The van der Waals surface area contributed by atoms with Crippen molar-refractivity contribution in [3.63, 3.8) is 0 Å². The van der Waals surface area contributed by atoms with Gasteiger partial charge in [-0.2, -0.15) is 0 Å². The molecule has 1 heterocycles. The lowest BCUT2D eigenvalue weighted by Gasteiger charge is -2.05. The van der Waals surface area contributed by atoms with E-state index in [9.17, 15) is 4.79 Å². The van der Waals surface area contributed by atoms with Crippen LogP contribution in [-0.4, -0.2) is 4.98 Å². The van der Waals surface area contributed by atoms with Crippen molar-refractivity contribution in [1.29, 1.82) is 0 Å². The topological polar surface area (TPSA) is 32.9 Å². The van der Waals surface area contributed by atoms with E-state index < -0.39 is 0 Å². The van der Waals surface area contributed by atoms with Crippen LogP contribution in [0.4, 0.5) is 0 Å². The first-order valence-electron chi connectivity index (χ1n) is 6.49. The molecule has 0 amide bonds. The van der Waals surface area contributed by atoms with E-state index in [2.05, 4.69) is 17.1 Å². The number of aromatic nitrogens is 1. The van der Waals surface area contributed by atoms with Crippen LogP contribution in [0.5, 0.6) is 0 Å². The van der Waals surface area contributed by atoms with E-state index in [4.69, 9.17) is 0 Å². The fourth-order valence-corrected chi connectivity index (χ4v) is 2.30. The highest BCUT2D eigenvalue weighted by Gasteiger charge is 2.04. The summed E-state index contributed by atoms with van der Waals surface area (Å²) in [6.07, 6.45) is 0.839. The molecule has 0 aliphatic carbocycles. The highest BCUT2D eigenvalue weighted by molar-refractivity contribution is 5.84. The second kappa shape index (κ2) is 4.73. The summed E-state index contributed by atoms with van der Waals surface area (Å²) in [4.78, 5) is 15.4. The second-order valence-electron chi connectivity index (χ2n) is 4.64. The van der Waals surface area contributed by atoms with Crippen LogP contribution in [-0.2, 0) is 6.42 Å². The summed E-state index contributed by atoms with van der Waals surface area (Å²) >= 11 is 0. The molecule has 1 N–H and O–H groups in total. The number of aryl methyl sites for hydroxylation is 1. The lowest BCUT2D eigenvalue weighted by Crippen LogP contribution is -2.04. The number of rotatable bonds is 2. The fraction of sp³-hybridized carbons (Fsp3) is 0.118. The van der Waals surface area contributed by atoms with Gasteiger partial charge in [-0.15, -0.1) is 0 Å². The Hall–Kier alpha value is -2.35. The first-order valence-corrected chi connectivity index (χ1v) is 6.49. The van der Waals surface area contributed by atoms with Gasteiger partial charge in [0.05, 0.1) is 0 Å². The number of hydrogen-bond donors (Lipinski definition) is 1. The van der Waals surface area contributed by atoms with Crippen molar-refractivity contribution in [2.24, 2.45) is 0 Å². The molecular formula is C17H15NO. The summed E-state index contributed by atoms with van der Waals surface area (Å²) in [6.45, 7) is 2.04. The zero-order valence-electron chi connectivity index (χ0n) is 10.8. The van der Waals surface area contributed by atoms with Crippen LogP contribution in [0, 0.1) is 0 Å². The molecule has 0 saturated carbocycles. The van der Waals surface area contributed by atoms with Crippen LogP contribution in [0.2, 0.25) is 0 Å². The maximum Gasteiger partial charge on any atom is 0.189 e. The average Bonchev–Trinajstić information content (AvgIpc) is 2.47. The Bertz CT molecular complexity index is 772. The van der Waals surface area contributed by atoms with Crippen molar-refractivity contribution in [2.45, 2.75) is 13.3 Å². The number of benzene rings is 2. The third-order valence-corrected chi connectivity index (χ3v) is 3.37. The van der Waals surface area contributed by atoms with Gasteiger partial charge in [0.1, 0.15) is 0 Å². The zero-order valence-corrected chi connectivity index (χ0v) is 10.8. The number of H-pyrrole nitrogens is 1. The molecule has 0 bridgehead atoms. The van der Waals surface area contributed by atoms with Crippen molar-refractivity contribution in [1.82, 2.24) is 4.98 Å². The van der Waals surface area contributed by atoms with Crippen LogP contribution in [0.3, 0.4) is 0 Å². The summed E-state index contributed by atoms with van der Waals surface area (Å²) in [6, 6.07) is 17.8. The van der Waals surface area contributed by atoms with Crippen molar-refractivity contribution >= 4 is 10.9 Å². The first kappa shape index (κ1) is 11.7. The van der Waals surface area contributed by atoms with Gasteiger partial charge < -0.3 is 4.98 Å². The molecule has 3 aromatic rings. The minimum atomic E-state index is 0.0865. The smallest absolute Gasteiger partial charge is 0.189 e. The third kappa shape index (κ3) is 2.17. The average molecular weight is 249 g/mol. The third-order valence-electron chi connectivity index (χ3n) is 3.37. The highest BCUT2D eigenvalue weighted by atomic mass is 16.1. The van der Waals surface area contributed by atoms with E-state index in [1.165, 1.54) is 0 Å². The Morgan fingerprint density at radius 3 is 2.47 bits per heavy atom. The van der Waals surface area contributed by atoms with Crippen LogP contribution >= 0.6 is 0 Å². The van der Waals surface area contributed by atoms with Crippen molar-refractivity contribution in [2.75, 3.05) is 0 Å². The van der Waals surface area contributed by atoms with E-state index in [0.29, 0.717) is 0 Å². The quantitative estimate of drug-likeness (QED) is 0.737. The van der Waals surface area contributed by atoms with Gasteiger partial charge in [0.25, 0.3) is 0 Å². The van der Waals surface area contributed by atoms with Gasteiger partial charge in [-0.05, 0) is 29.7 Å². The standard InChI is InChI=1S/C17H15NO/c1-2-14-11-17(19)15-10-13(8-9-16(15)18-14)12-6-4-3-5-7-12/h3-11H,2H2,1H3,(H,18,19). The van der Waals surface area contributed by atoms with E-state index in [-0.39, 0.29) is 5.43 Å². The molecule has 2 aromatic carbocycles. The SMILES string of the molecule is CCc1cc(=O)c2cc(-c3ccccc3)ccc2[nH]1. The molecular weight excluding hydrogens is 234 g/mol. The summed E-state index contributed by atoms with van der Waals surface area (Å²) < 4.78 is 0. The molecule has 0 fully saturated rings. The van der Waals surface area contributed by atoms with Crippen LogP contribution < -0.4 is 5.43 Å². The van der Waals surface area contributed by atoms with E-state index in [0.717, 1.165) is 34.1 Å². The molecule has 2 heteroatoms. The molecule has 3 rings (SSSR count). The van der Waals surface area contributed by atoms with Crippen LogP contribution in [0.15, 0.2) is 59.4 Å². The Morgan fingerprint density at radius 2 is 1.74 bits per heavy atom. The molecule has 0 atom stereocenters. The second-order valence-corrected chi connectivity index (χ2v) is 4.64. The number of pyridine rings is 1. The molecule has 2 nitrogen and oxygen atoms in total. The molecule has 0 unspecified atom stereocenters. The predicted molar refractivity (Wildman–Crippen MR) is 79.4 cm³/mol. The van der Waals surface area contributed by atoms with E-state index >= 15 is 0 Å². The predicted octanol–water partition coefficient (Wildman–Crippen LogP) is 3.76. The van der Waals surface area contributed by atoms with Gasteiger partial charge in [0.15, 0.2) is 5.43 Å². The van der Waals surface area contributed by atoms with E-state index in [1.807, 2.05) is 43.3 Å². The number of nitrogens with one attached hydrogen (secondary N) is 1. The summed E-state index contributed by atoms with van der Waals surface area (Å²) in [5.74, 6) is 0. The Morgan fingerprint density at radius 1 is 0.947 bits per heavy atom. The monoisotopic (exact) mass is 249 g/mol. The van der Waals surface area contributed by atoms with Gasteiger partial charge >= 0.3 is 0 Å². The Kier molecular flexibility index (Phi) is 2.92. The molecule has 0 aliphatic rings. The van der Waals surface area contributed by atoms with Crippen molar-refractivity contribution < 1.29 is 0 Å². The lowest BCUT2D eigenvalue weighted by molar-refractivity contribution is 1.05. The molecule has 0 radical (unpaired) electrons. The van der Waals surface area contributed by atoms with Crippen molar-refractivity contribution in [3.8, 4) is 11.1 Å². The Labute approximate surface area is 111 Å². The first-order chi connectivity index (χ1) is 9.28. The maximum absolute atomic E-state index is 12.1. The van der Waals surface area contributed by atoms with Gasteiger partial charge in [-0.3, -0.25) is 4.79 Å². The maximum atomic E-state index is 12.1. The molecule has 94 valence electrons.